The maximum atomic E-state index is 13.6. The Kier molecular flexibility index (Phi) is 7.57. The van der Waals surface area contributed by atoms with Gasteiger partial charge in [0.2, 0.25) is 0 Å². The molecule has 0 bridgehead atoms. The van der Waals surface area contributed by atoms with Crippen molar-refractivity contribution >= 4 is 33.4 Å². The first-order valence-corrected chi connectivity index (χ1v) is 14.0. The van der Waals surface area contributed by atoms with Crippen LogP contribution < -0.4 is 0 Å². The standard InChI is InChI=1S/C29H33BrClN3O2/c1-20-26(27(32-36-20)24-5-3-4-6-25(24)31)28(35)33-17-13-29(2,14-18-33)34-15-11-22(12-16-34)19-21-7-9-23(30)10-8-21/h3-10,22H,11-19H2,1-2H3. The van der Waals surface area contributed by atoms with Crippen LogP contribution in [-0.2, 0) is 6.42 Å². The van der Waals surface area contributed by atoms with Crippen LogP contribution in [0.25, 0.3) is 11.3 Å². The van der Waals surface area contributed by atoms with E-state index in [1.165, 1.54) is 18.4 Å². The Morgan fingerprint density at radius 3 is 2.42 bits per heavy atom. The molecule has 0 radical (unpaired) electrons. The molecule has 0 aliphatic carbocycles. The summed E-state index contributed by atoms with van der Waals surface area (Å²) >= 11 is 9.93. The van der Waals surface area contributed by atoms with Gasteiger partial charge in [0.05, 0.1) is 5.02 Å². The first-order valence-electron chi connectivity index (χ1n) is 12.8. The van der Waals surface area contributed by atoms with E-state index in [1.807, 2.05) is 29.2 Å². The minimum atomic E-state index is -0.0149. The summed E-state index contributed by atoms with van der Waals surface area (Å²) in [6.45, 7) is 7.92. The van der Waals surface area contributed by atoms with Crippen LogP contribution in [0.4, 0.5) is 0 Å². The molecule has 3 aromatic rings. The van der Waals surface area contributed by atoms with Crippen LogP contribution in [0.15, 0.2) is 57.5 Å². The normalized spacial score (nSPS) is 18.9. The molecule has 2 aliphatic heterocycles. The first-order chi connectivity index (χ1) is 17.3. The Morgan fingerprint density at radius 1 is 1.08 bits per heavy atom. The van der Waals surface area contributed by atoms with Crippen LogP contribution in [0.1, 0.15) is 54.3 Å². The number of amides is 1. The molecule has 36 heavy (non-hydrogen) atoms. The molecule has 5 rings (SSSR count). The fourth-order valence-electron chi connectivity index (χ4n) is 5.76. The molecule has 0 saturated carbocycles. The SMILES string of the molecule is Cc1onc(-c2ccccc2Cl)c1C(=O)N1CCC(C)(N2CCC(Cc3ccc(Br)cc3)CC2)CC1. The maximum absolute atomic E-state index is 13.6. The Morgan fingerprint density at radius 2 is 1.75 bits per heavy atom. The van der Waals surface area contributed by atoms with E-state index in [-0.39, 0.29) is 11.4 Å². The van der Waals surface area contributed by atoms with Gasteiger partial charge in [0, 0.05) is 28.7 Å². The molecule has 5 nitrogen and oxygen atoms in total. The fourth-order valence-corrected chi connectivity index (χ4v) is 6.25. The Hall–Kier alpha value is -2.15. The lowest BCUT2D eigenvalue weighted by Crippen LogP contribution is -2.56. The van der Waals surface area contributed by atoms with E-state index in [9.17, 15) is 4.79 Å². The summed E-state index contributed by atoms with van der Waals surface area (Å²) in [4.78, 5) is 18.2. The Bertz CT molecular complexity index is 1210. The number of nitrogens with zero attached hydrogens (tertiary/aromatic N) is 3. The third-order valence-corrected chi connectivity index (χ3v) is 9.01. The molecule has 2 aliphatic rings. The van der Waals surface area contributed by atoms with Gasteiger partial charge >= 0.3 is 0 Å². The fraction of sp³-hybridized carbons (Fsp3) is 0.448. The molecule has 0 unspecified atom stereocenters. The molecule has 2 saturated heterocycles. The minimum Gasteiger partial charge on any atom is -0.360 e. The average Bonchev–Trinajstić information content (AvgIpc) is 3.27. The number of benzene rings is 2. The maximum Gasteiger partial charge on any atom is 0.259 e. The molecule has 190 valence electrons. The lowest BCUT2D eigenvalue weighted by atomic mass is 9.83. The topological polar surface area (TPSA) is 49.6 Å². The van der Waals surface area contributed by atoms with Crippen LogP contribution in [0, 0.1) is 12.8 Å². The molecule has 0 N–H and O–H groups in total. The zero-order valence-electron chi connectivity index (χ0n) is 21.0. The molecule has 2 fully saturated rings. The number of halogens is 2. The van der Waals surface area contributed by atoms with Crippen LogP contribution >= 0.6 is 27.5 Å². The largest absolute Gasteiger partial charge is 0.360 e. The number of piperidine rings is 2. The van der Waals surface area contributed by atoms with Gasteiger partial charge in [0.1, 0.15) is 17.0 Å². The molecule has 3 heterocycles. The monoisotopic (exact) mass is 569 g/mol. The van der Waals surface area contributed by atoms with Gasteiger partial charge in [-0.1, -0.05) is 63.0 Å². The summed E-state index contributed by atoms with van der Waals surface area (Å²) in [6, 6.07) is 16.2. The van der Waals surface area contributed by atoms with Crippen molar-refractivity contribution in [1.82, 2.24) is 15.0 Å². The van der Waals surface area contributed by atoms with E-state index in [0.29, 0.717) is 22.0 Å². The van der Waals surface area contributed by atoms with Crippen molar-refractivity contribution in [3.63, 3.8) is 0 Å². The van der Waals surface area contributed by atoms with Crippen molar-refractivity contribution in [3.8, 4) is 11.3 Å². The smallest absolute Gasteiger partial charge is 0.259 e. The molecular weight excluding hydrogens is 538 g/mol. The average molecular weight is 571 g/mol. The number of likely N-dealkylation sites (tertiary alicyclic amines) is 2. The molecule has 1 amide bonds. The van der Waals surface area contributed by atoms with Crippen LogP contribution in [0.2, 0.25) is 5.02 Å². The van der Waals surface area contributed by atoms with Gasteiger partial charge < -0.3 is 9.42 Å². The second-order valence-electron chi connectivity index (χ2n) is 10.5. The first kappa shape index (κ1) is 25.5. The highest BCUT2D eigenvalue weighted by Crippen LogP contribution is 2.36. The number of rotatable bonds is 5. The quantitative estimate of drug-likeness (QED) is 0.331. The van der Waals surface area contributed by atoms with Crippen molar-refractivity contribution < 1.29 is 9.32 Å². The molecule has 7 heteroatoms. The summed E-state index contributed by atoms with van der Waals surface area (Å²) in [7, 11) is 0. The number of carbonyl (C=O) groups excluding carboxylic acids is 1. The Labute approximate surface area is 226 Å². The third kappa shape index (κ3) is 5.27. The van der Waals surface area contributed by atoms with Gasteiger partial charge in [-0.3, -0.25) is 9.69 Å². The molecule has 1 aromatic heterocycles. The molecule has 0 atom stereocenters. The van der Waals surface area contributed by atoms with Crippen molar-refractivity contribution in [2.75, 3.05) is 26.2 Å². The van der Waals surface area contributed by atoms with Gasteiger partial charge in [-0.25, -0.2) is 0 Å². The summed E-state index contributed by atoms with van der Waals surface area (Å²) in [5.41, 5.74) is 3.35. The summed E-state index contributed by atoms with van der Waals surface area (Å²) < 4.78 is 6.58. The van der Waals surface area contributed by atoms with Crippen molar-refractivity contribution in [3.05, 3.63) is 74.9 Å². The zero-order valence-corrected chi connectivity index (χ0v) is 23.3. The molecule has 2 aromatic carbocycles. The van der Waals surface area contributed by atoms with E-state index in [4.69, 9.17) is 16.1 Å². The van der Waals surface area contributed by atoms with Crippen LogP contribution in [0.5, 0.6) is 0 Å². The number of carbonyl (C=O) groups is 1. The van der Waals surface area contributed by atoms with Crippen LogP contribution in [-0.4, -0.2) is 52.6 Å². The number of hydrogen-bond acceptors (Lipinski definition) is 4. The number of aromatic nitrogens is 1. The molecular formula is C29H33BrClN3O2. The highest BCUT2D eigenvalue weighted by Gasteiger charge is 2.39. The Balaban J connectivity index is 1.19. The predicted octanol–water partition coefficient (Wildman–Crippen LogP) is 7.02. The highest BCUT2D eigenvalue weighted by atomic mass is 79.9. The number of aryl methyl sites for hydroxylation is 1. The van der Waals surface area contributed by atoms with E-state index >= 15 is 0 Å². The van der Waals surface area contributed by atoms with Crippen molar-refractivity contribution in [1.29, 1.82) is 0 Å². The van der Waals surface area contributed by atoms with Crippen molar-refractivity contribution in [2.24, 2.45) is 5.92 Å². The van der Waals surface area contributed by atoms with Crippen molar-refractivity contribution in [2.45, 2.75) is 51.5 Å². The highest BCUT2D eigenvalue weighted by molar-refractivity contribution is 9.10. The second-order valence-corrected chi connectivity index (χ2v) is 11.8. The summed E-state index contributed by atoms with van der Waals surface area (Å²) in [5, 5.41) is 4.75. The summed E-state index contributed by atoms with van der Waals surface area (Å²) in [6.07, 6.45) is 5.57. The van der Waals surface area contributed by atoms with Crippen LogP contribution in [0.3, 0.4) is 0 Å². The van der Waals surface area contributed by atoms with Gasteiger partial charge in [-0.05, 0) is 88.7 Å². The second kappa shape index (κ2) is 10.7. The number of hydrogen-bond donors (Lipinski definition) is 0. The lowest BCUT2D eigenvalue weighted by Gasteiger charge is -2.49. The van der Waals surface area contributed by atoms with Gasteiger partial charge in [-0.15, -0.1) is 0 Å². The van der Waals surface area contributed by atoms with E-state index in [1.54, 1.807) is 6.92 Å². The van der Waals surface area contributed by atoms with Gasteiger partial charge in [0.25, 0.3) is 5.91 Å². The zero-order chi connectivity index (χ0) is 25.3. The minimum absolute atomic E-state index is 0.0149. The molecule has 0 spiro atoms. The van der Waals surface area contributed by atoms with E-state index < -0.39 is 0 Å². The summed E-state index contributed by atoms with van der Waals surface area (Å²) in [5.74, 6) is 1.27. The lowest BCUT2D eigenvalue weighted by molar-refractivity contribution is 0.0116. The van der Waals surface area contributed by atoms with Gasteiger partial charge in [-0.2, -0.15) is 0 Å². The predicted molar refractivity (Wildman–Crippen MR) is 147 cm³/mol. The third-order valence-electron chi connectivity index (χ3n) is 8.15. The van der Waals surface area contributed by atoms with E-state index in [0.717, 1.165) is 61.4 Å². The van der Waals surface area contributed by atoms with Gasteiger partial charge in [0.15, 0.2) is 0 Å². The van der Waals surface area contributed by atoms with E-state index in [2.05, 4.69) is 57.2 Å².